The summed E-state index contributed by atoms with van der Waals surface area (Å²) in [7, 11) is 0. The van der Waals surface area contributed by atoms with E-state index in [9.17, 15) is 0 Å². The first-order chi connectivity index (χ1) is 9.93. The predicted molar refractivity (Wildman–Crippen MR) is 75.9 cm³/mol. The van der Waals surface area contributed by atoms with Gasteiger partial charge in [-0.15, -0.1) is 0 Å². The van der Waals surface area contributed by atoms with Crippen LogP contribution in [0, 0.1) is 0 Å². The fourth-order valence-electron chi connectivity index (χ4n) is 3.69. The summed E-state index contributed by atoms with van der Waals surface area (Å²) in [5.74, 6) is 0. The van der Waals surface area contributed by atoms with Crippen molar-refractivity contribution in [2.75, 3.05) is 26.4 Å². The molecule has 2 aliphatic carbocycles. The van der Waals surface area contributed by atoms with Crippen molar-refractivity contribution in [2.45, 2.75) is 75.8 Å². The number of rotatable bonds is 0. The van der Waals surface area contributed by atoms with Gasteiger partial charge in [0.15, 0.2) is 0 Å². The van der Waals surface area contributed by atoms with Gasteiger partial charge in [0.05, 0.1) is 50.8 Å². The van der Waals surface area contributed by atoms with E-state index >= 15 is 0 Å². The highest BCUT2D eigenvalue weighted by Gasteiger charge is 2.29. The molecule has 0 aromatic heterocycles. The highest BCUT2D eigenvalue weighted by molar-refractivity contribution is 4.79. The maximum absolute atomic E-state index is 6.01. The number of ether oxygens (including phenoxy) is 4. The molecule has 4 nitrogen and oxygen atoms in total. The van der Waals surface area contributed by atoms with E-state index in [1.54, 1.807) is 0 Å². The zero-order valence-corrected chi connectivity index (χ0v) is 12.4. The van der Waals surface area contributed by atoms with Crippen LogP contribution in [0.5, 0.6) is 0 Å². The van der Waals surface area contributed by atoms with Gasteiger partial charge in [-0.3, -0.25) is 0 Å². The van der Waals surface area contributed by atoms with Crippen LogP contribution in [-0.2, 0) is 18.9 Å². The van der Waals surface area contributed by atoms with Crippen molar-refractivity contribution in [3.05, 3.63) is 0 Å². The van der Waals surface area contributed by atoms with Crippen molar-refractivity contribution >= 4 is 0 Å². The van der Waals surface area contributed by atoms with Crippen LogP contribution in [-0.4, -0.2) is 50.8 Å². The third-order valence-electron chi connectivity index (χ3n) is 4.78. The molecule has 0 radical (unpaired) electrons. The van der Waals surface area contributed by atoms with E-state index in [0.717, 1.165) is 25.7 Å². The third kappa shape index (κ3) is 3.94. The van der Waals surface area contributed by atoms with Crippen LogP contribution in [0.15, 0.2) is 0 Å². The van der Waals surface area contributed by atoms with Crippen molar-refractivity contribution in [1.29, 1.82) is 0 Å². The van der Waals surface area contributed by atoms with Crippen LogP contribution in [0.25, 0.3) is 0 Å². The van der Waals surface area contributed by atoms with E-state index in [-0.39, 0.29) is 24.4 Å². The molecule has 3 rings (SSSR count). The summed E-state index contributed by atoms with van der Waals surface area (Å²) in [6.07, 6.45) is 10.5. The lowest BCUT2D eigenvalue weighted by molar-refractivity contribution is -0.153. The van der Waals surface area contributed by atoms with Gasteiger partial charge in [0.2, 0.25) is 0 Å². The highest BCUT2D eigenvalue weighted by Crippen LogP contribution is 2.26. The van der Waals surface area contributed by atoms with Crippen molar-refractivity contribution in [1.82, 2.24) is 0 Å². The van der Waals surface area contributed by atoms with Crippen LogP contribution >= 0.6 is 0 Å². The maximum Gasteiger partial charge on any atom is 0.0837 e. The Balaban J connectivity index is 1.54. The Hall–Kier alpha value is -0.160. The highest BCUT2D eigenvalue weighted by atomic mass is 16.6. The fraction of sp³-hybridized carbons (Fsp3) is 1.00. The molecule has 3 aliphatic rings. The van der Waals surface area contributed by atoms with Gasteiger partial charge in [-0.2, -0.15) is 0 Å². The van der Waals surface area contributed by atoms with Crippen molar-refractivity contribution < 1.29 is 18.9 Å². The Morgan fingerprint density at radius 1 is 0.400 bits per heavy atom. The first-order valence-electron chi connectivity index (χ1n) is 8.40. The summed E-state index contributed by atoms with van der Waals surface area (Å²) in [6, 6.07) is 0. The van der Waals surface area contributed by atoms with Crippen LogP contribution in [0.2, 0.25) is 0 Å². The summed E-state index contributed by atoms with van der Waals surface area (Å²) in [6.45, 7) is 2.75. The van der Waals surface area contributed by atoms with Crippen molar-refractivity contribution in [2.24, 2.45) is 0 Å². The average Bonchev–Trinajstić information content (AvgIpc) is 2.49. The Morgan fingerprint density at radius 2 is 0.650 bits per heavy atom. The van der Waals surface area contributed by atoms with Crippen LogP contribution in [0.4, 0.5) is 0 Å². The molecule has 0 aromatic rings. The fourth-order valence-corrected chi connectivity index (χ4v) is 3.69. The standard InChI is InChI=1S/C16H28O4/c1-2-6-14-13(5-1)17-9-10-19-15-7-3-4-8-16(15)20-12-11-18-14/h13-16H,1-12H2. The Morgan fingerprint density at radius 3 is 0.900 bits per heavy atom. The molecule has 1 heterocycles. The van der Waals surface area contributed by atoms with E-state index in [2.05, 4.69) is 0 Å². The summed E-state index contributed by atoms with van der Waals surface area (Å²) in [4.78, 5) is 0. The molecule has 0 aromatic carbocycles. The molecule has 4 heteroatoms. The second-order valence-corrected chi connectivity index (χ2v) is 6.21. The molecule has 0 spiro atoms. The Labute approximate surface area is 122 Å². The smallest absolute Gasteiger partial charge is 0.0837 e. The second kappa shape index (κ2) is 7.74. The van der Waals surface area contributed by atoms with Gasteiger partial charge in [0.1, 0.15) is 0 Å². The van der Waals surface area contributed by atoms with Crippen LogP contribution < -0.4 is 0 Å². The van der Waals surface area contributed by atoms with Gasteiger partial charge in [-0.05, 0) is 25.7 Å². The summed E-state index contributed by atoms with van der Waals surface area (Å²) in [5, 5.41) is 0. The van der Waals surface area contributed by atoms with E-state index in [1.165, 1.54) is 25.7 Å². The van der Waals surface area contributed by atoms with E-state index in [1.807, 2.05) is 0 Å². The minimum Gasteiger partial charge on any atom is -0.373 e. The number of fused-ring (bicyclic) bond motifs is 2. The molecule has 1 aliphatic heterocycles. The van der Waals surface area contributed by atoms with E-state index in [0.29, 0.717) is 26.4 Å². The molecule has 0 amide bonds. The van der Waals surface area contributed by atoms with E-state index < -0.39 is 0 Å². The maximum atomic E-state index is 6.01. The quantitative estimate of drug-likeness (QED) is 0.685. The first kappa shape index (κ1) is 14.8. The summed E-state index contributed by atoms with van der Waals surface area (Å²) < 4.78 is 24.0. The minimum absolute atomic E-state index is 0.258. The predicted octanol–water partition coefficient (Wildman–Crippen LogP) is 2.69. The normalized spacial score (nSPS) is 40.8. The molecule has 2 saturated carbocycles. The first-order valence-corrected chi connectivity index (χ1v) is 8.40. The van der Waals surface area contributed by atoms with Gasteiger partial charge in [-0.25, -0.2) is 0 Å². The van der Waals surface area contributed by atoms with Crippen LogP contribution in [0.1, 0.15) is 51.4 Å². The van der Waals surface area contributed by atoms with Gasteiger partial charge in [0, 0.05) is 0 Å². The van der Waals surface area contributed by atoms with E-state index in [4.69, 9.17) is 18.9 Å². The molecule has 4 unspecified atom stereocenters. The van der Waals surface area contributed by atoms with Gasteiger partial charge >= 0.3 is 0 Å². The lowest BCUT2D eigenvalue weighted by Crippen LogP contribution is -2.40. The lowest BCUT2D eigenvalue weighted by atomic mass is 9.94. The Bertz CT molecular complexity index is 228. The zero-order chi connectivity index (χ0) is 13.6. The summed E-state index contributed by atoms with van der Waals surface area (Å²) >= 11 is 0. The molecule has 1 saturated heterocycles. The second-order valence-electron chi connectivity index (χ2n) is 6.21. The van der Waals surface area contributed by atoms with Crippen molar-refractivity contribution in [3.8, 4) is 0 Å². The lowest BCUT2D eigenvalue weighted by Gasteiger charge is -2.35. The molecule has 116 valence electrons. The zero-order valence-electron chi connectivity index (χ0n) is 12.4. The molecular formula is C16H28O4. The van der Waals surface area contributed by atoms with Gasteiger partial charge in [0.25, 0.3) is 0 Å². The molecule has 3 fully saturated rings. The largest absolute Gasteiger partial charge is 0.373 e. The third-order valence-corrected chi connectivity index (χ3v) is 4.78. The molecule has 20 heavy (non-hydrogen) atoms. The molecule has 0 bridgehead atoms. The van der Waals surface area contributed by atoms with Crippen LogP contribution in [0.3, 0.4) is 0 Å². The molecular weight excluding hydrogens is 256 g/mol. The number of hydrogen-bond donors (Lipinski definition) is 0. The molecule has 4 atom stereocenters. The Kier molecular flexibility index (Phi) is 5.71. The van der Waals surface area contributed by atoms with Gasteiger partial charge in [-0.1, -0.05) is 25.7 Å². The van der Waals surface area contributed by atoms with Crippen molar-refractivity contribution in [3.63, 3.8) is 0 Å². The molecule has 0 N–H and O–H groups in total. The topological polar surface area (TPSA) is 36.9 Å². The minimum atomic E-state index is 0.258. The van der Waals surface area contributed by atoms with Gasteiger partial charge < -0.3 is 18.9 Å². The average molecular weight is 284 g/mol. The number of hydrogen-bond acceptors (Lipinski definition) is 4. The SMILES string of the molecule is C1CCC2OCCOC3CCCCC3OCCOC2C1. The summed E-state index contributed by atoms with van der Waals surface area (Å²) in [5.41, 5.74) is 0. The monoisotopic (exact) mass is 284 g/mol.